The van der Waals surface area contributed by atoms with Crippen LogP contribution in [-0.2, 0) is 0 Å². The minimum atomic E-state index is -0.235. The fourth-order valence-corrected chi connectivity index (χ4v) is 2.47. The molecule has 0 aliphatic heterocycles. The molecule has 1 aliphatic rings. The Morgan fingerprint density at radius 2 is 2.22 bits per heavy atom. The lowest BCUT2D eigenvalue weighted by Gasteiger charge is -2.25. The van der Waals surface area contributed by atoms with Crippen molar-refractivity contribution in [1.29, 1.82) is 0 Å². The van der Waals surface area contributed by atoms with E-state index in [1.165, 1.54) is 19.3 Å². The van der Waals surface area contributed by atoms with Crippen molar-refractivity contribution in [2.75, 3.05) is 10.6 Å². The third-order valence-corrected chi connectivity index (χ3v) is 3.77. The molecule has 1 aliphatic carbocycles. The van der Waals surface area contributed by atoms with Gasteiger partial charge in [-0.25, -0.2) is 4.79 Å². The normalized spacial score (nSPS) is 15.1. The average molecular weight is 262 g/mol. The number of aromatic nitrogens is 2. The molecular weight excluding hydrogens is 248 g/mol. The lowest BCUT2D eigenvalue weighted by atomic mass is 9.93. The predicted molar refractivity (Wildman–Crippen MR) is 72.1 cm³/mol. The predicted octanol–water partition coefficient (Wildman–Crippen LogP) is 3.31. The number of rotatable bonds is 3. The molecule has 0 unspecified atom stereocenters. The Kier molecular flexibility index (Phi) is 3.02. The molecule has 94 valence electrons. The number of urea groups is 1. The van der Waals surface area contributed by atoms with E-state index in [0.717, 1.165) is 11.4 Å². The molecule has 2 N–H and O–H groups in total. The number of hydrogen-bond donors (Lipinski definition) is 2. The van der Waals surface area contributed by atoms with Crippen LogP contribution in [0.1, 0.15) is 25.3 Å². The van der Waals surface area contributed by atoms with Gasteiger partial charge in [-0.05, 0) is 30.7 Å². The van der Waals surface area contributed by atoms with Crippen molar-refractivity contribution >= 4 is 28.7 Å². The van der Waals surface area contributed by atoms with Crippen molar-refractivity contribution in [3.63, 3.8) is 0 Å². The molecule has 1 fully saturated rings. The molecule has 6 heteroatoms. The zero-order valence-corrected chi connectivity index (χ0v) is 10.6. The van der Waals surface area contributed by atoms with Gasteiger partial charge in [0.05, 0.1) is 23.6 Å². The number of nitrogens with one attached hydrogen (secondary N) is 2. The molecule has 0 atom stereocenters. The Morgan fingerprint density at radius 1 is 1.39 bits per heavy atom. The summed E-state index contributed by atoms with van der Waals surface area (Å²) in [5.74, 6) is 0. The first-order chi connectivity index (χ1) is 8.81. The van der Waals surface area contributed by atoms with Crippen molar-refractivity contribution in [3.8, 4) is 0 Å². The largest absolute Gasteiger partial charge is 0.323 e. The molecule has 2 heterocycles. The van der Waals surface area contributed by atoms with Gasteiger partial charge in [-0.2, -0.15) is 16.4 Å². The van der Waals surface area contributed by atoms with Gasteiger partial charge in [0.1, 0.15) is 0 Å². The minimum Gasteiger partial charge on any atom is -0.307 e. The van der Waals surface area contributed by atoms with Crippen molar-refractivity contribution in [2.45, 2.75) is 25.3 Å². The molecule has 1 saturated carbocycles. The van der Waals surface area contributed by atoms with Crippen LogP contribution >= 0.6 is 11.3 Å². The Labute approximate surface area is 109 Å². The summed E-state index contributed by atoms with van der Waals surface area (Å²) in [4.78, 5) is 11.7. The van der Waals surface area contributed by atoms with Crippen molar-refractivity contribution < 1.29 is 4.79 Å². The second-order valence-corrected chi connectivity index (χ2v) is 5.16. The maximum absolute atomic E-state index is 11.7. The molecule has 5 nitrogen and oxygen atoms in total. The van der Waals surface area contributed by atoms with Gasteiger partial charge >= 0.3 is 6.03 Å². The summed E-state index contributed by atoms with van der Waals surface area (Å²) in [5, 5.41) is 13.6. The third-order valence-electron chi connectivity index (χ3n) is 3.09. The first-order valence-electron chi connectivity index (χ1n) is 5.95. The fraction of sp³-hybridized carbons (Fsp3) is 0.333. The number of carbonyl (C=O) groups is 1. The van der Waals surface area contributed by atoms with Crippen molar-refractivity contribution in [1.82, 2.24) is 9.78 Å². The highest BCUT2D eigenvalue weighted by Gasteiger charge is 2.20. The van der Waals surface area contributed by atoms with Crippen LogP contribution in [0.15, 0.2) is 29.2 Å². The first kappa shape index (κ1) is 11.3. The highest BCUT2D eigenvalue weighted by molar-refractivity contribution is 7.08. The third kappa shape index (κ3) is 2.38. The van der Waals surface area contributed by atoms with E-state index >= 15 is 0 Å². The number of anilines is 2. The average Bonchev–Trinajstić information content (AvgIpc) is 2.88. The minimum absolute atomic E-state index is 0.235. The van der Waals surface area contributed by atoms with Crippen LogP contribution in [0.3, 0.4) is 0 Å². The van der Waals surface area contributed by atoms with Gasteiger partial charge in [0, 0.05) is 11.6 Å². The number of hydrogen-bond acceptors (Lipinski definition) is 3. The SMILES string of the molecule is O=C(Nc1ccsc1)Nc1cnn(C2CCC2)c1. The lowest BCUT2D eigenvalue weighted by molar-refractivity contribution is 0.262. The molecule has 0 aromatic carbocycles. The number of thiophene rings is 1. The quantitative estimate of drug-likeness (QED) is 0.891. The summed E-state index contributed by atoms with van der Waals surface area (Å²) >= 11 is 1.55. The van der Waals surface area contributed by atoms with E-state index in [2.05, 4.69) is 15.7 Å². The van der Waals surface area contributed by atoms with Gasteiger partial charge in [-0.1, -0.05) is 0 Å². The van der Waals surface area contributed by atoms with Crippen LogP contribution in [0.2, 0.25) is 0 Å². The molecule has 0 spiro atoms. The van der Waals surface area contributed by atoms with Crippen LogP contribution in [0.25, 0.3) is 0 Å². The van der Waals surface area contributed by atoms with Gasteiger partial charge in [0.2, 0.25) is 0 Å². The van der Waals surface area contributed by atoms with Gasteiger partial charge in [0.25, 0.3) is 0 Å². The molecule has 2 aromatic rings. The molecule has 0 bridgehead atoms. The van der Waals surface area contributed by atoms with Crippen molar-refractivity contribution in [3.05, 3.63) is 29.2 Å². The van der Waals surface area contributed by atoms with E-state index in [1.807, 2.05) is 27.7 Å². The number of carbonyl (C=O) groups excluding carboxylic acids is 1. The summed E-state index contributed by atoms with van der Waals surface area (Å²) in [6.07, 6.45) is 7.21. The molecule has 3 rings (SSSR count). The molecular formula is C12H14N4OS. The first-order valence-corrected chi connectivity index (χ1v) is 6.90. The highest BCUT2D eigenvalue weighted by Crippen LogP contribution is 2.31. The van der Waals surface area contributed by atoms with Crippen LogP contribution in [0.4, 0.5) is 16.2 Å². The number of nitrogens with zero attached hydrogens (tertiary/aromatic N) is 2. The van der Waals surface area contributed by atoms with Gasteiger partial charge in [-0.3, -0.25) is 4.68 Å². The van der Waals surface area contributed by atoms with Crippen LogP contribution < -0.4 is 10.6 Å². The van der Waals surface area contributed by atoms with Gasteiger partial charge < -0.3 is 10.6 Å². The second kappa shape index (κ2) is 4.81. The Morgan fingerprint density at radius 3 is 2.89 bits per heavy atom. The fourth-order valence-electron chi connectivity index (χ4n) is 1.88. The highest BCUT2D eigenvalue weighted by atomic mass is 32.1. The van der Waals surface area contributed by atoms with Crippen LogP contribution in [0.5, 0.6) is 0 Å². The molecule has 2 aromatic heterocycles. The summed E-state index contributed by atoms with van der Waals surface area (Å²) in [6.45, 7) is 0. The van der Waals surface area contributed by atoms with Gasteiger partial charge in [-0.15, -0.1) is 0 Å². The smallest absolute Gasteiger partial charge is 0.307 e. The lowest BCUT2D eigenvalue weighted by Crippen LogP contribution is -2.19. The molecule has 2 amide bonds. The van der Waals surface area contributed by atoms with Gasteiger partial charge in [0.15, 0.2) is 0 Å². The Balaban J connectivity index is 1.58. The standard InChI is InChI=1S/C12H14N4OS/c17-12(14-9-4-5-18-8-9)15-10-6-13-16(7-10)11-2-1-3-11/h4-8,11H,1-3H2,(H2,14,15,17). The Bertz CT molecular complexity index is 530. The maximum Gasteiger partial charge on any atom is 0.323 e. The monoisotopic (exact) mass is 262 g/mol. The van der Waals surface area contributed by atoms with E-state index in [-0.39, 0.29) is 6.03 Å². The summed E-state index contributed by atoms with van der Waals surface area (Å²) in [7, 11) is 0. The molecule has 18 heavy (non-hydrogen) atoms. The van der Waals surface area contributed by atoms with E-state index < -0.39 is 0 Å². The summed E-state index contributed by atoms with van der Waals surface area (Å²) in [6, 6.07) is 2.14. The summed E-state index contributed by atoms with van der Waals surface area (Å²) < 4.78 is 1.93. The van der Waals surface area contributed by atoms with E-state index in [9.17, 15) is 4.79 Å². The maximum atomic E-state index is 11.7. The molecule has 0 saturated heterocycles. The van der Waals surface area contributed by atoms with E-state index in [0.29, 0.717) is 6.04 Å². The zero-order valence-electron chi connectivity index (χ0n) is 9.80. The van der Waals surface area contributed by atoms with Crippen molar-refractivity contribution in [2.24, 2.45) is 0 Å². The second-order valence-electron chi connectivity index (χ2n) is 4.38. The van der Waals surface area contributed by atoms with Crippen LogP contribution in [-0.4, -0.2) is 15.8 Å². The molecule has 0 radical (unpaired) electrons. The topological polar surface area (TPSA) is 59.0 Å². The van der Waals surface area contributed by atoms with E-state index in [1.54, 1.807) is 17.5 Å². The summed E-state index contributed by atoms with van der Waals surface area (Å²) in [5.41, 5.74) is 1.54. The zero-order chi connectivity index (χ0) is 12.4. The Hall–Kier alpha value is -1.82. The number of amides is 2. The van der Waals surface area contributed by atoms with E-state index in [4.69, 9.17) is 0 Å². The van der Waals surface area contributed by atoms with Crippen LogP contribution in [0, 0.1) is 0 Å².